The lowest BCUT2D eigenvalue weighted by Gasteiger charge is -2.16. The molecule has 0 saturated heterocycles. The Labute approximate surface area is 139 Å². The van der Waals surface area contributed by atoms with Crippen molar-refractivity contribution in [1.82, 2.24) is 9.88 Å². The molecule has 3 rings (SSSR count). The Morgan fingerprint density at radius 2 is 2.29 bits per heavy atom. The minimum absolute atomic E-state index is 0.554. The molecule has 0 bridgehead atoms. The van der Waals surface area contributed by atoms with E-state index < -0.39 is 0 Å². The van der Waals surface area contributed by atoms with Crippen LogP contribution in [-0.2, 0) is 13.0 Å². The number of nitrogens with zero attached hydrogens (tertiary/aromatic N) is 1. The molecule has 1 unspecified atom stereocenters. The van der Waals surface area contributed by atoms with E-state index in [1.165, 1.54) is 47.0 Å². The summed E-state index contributed by atoms with van der Waals surface area (Å²) in [6.07, 6.45) is 11.1. The third kappa shape index (κ3) is 3.79. The van der Waals surface area contributed by atoms with E-state index in [2.05, 4.69) is 56.6 Å². The zero-order valence-corrected chi connectivity index (χ0v) is 15.0. The summed E-state index contributed by atoms with van der Waals surface area (Å²) in [5.74, 6) is 0. The zero-order valence-electron chi connectivity index (χ0n) is 12.6. The maximum atomic E-state index is 3.73. The lowest BCUT2D eigenvalue weighted by Crippen LogP contribution is -2.21. The zero-order chi connectivity index (χ0) is 14.7. The third-order valence-electron chi connectivity index (χ3n) is 4.16. The molecule has 2 aromatic heterocycles. The molecule has 0 fully saturated rings. The molecular formula is C17H23BrN2S. The van der Waals surface area contributed by atoms with Crippen LogP contribution in [-0.4, -0.2) is 11.1 Å². The lowest BCUT2D eigenvalue weighted by molar-refractivity contribution is 0.488. The van der Waals surface area contributed by atoms with Crippen molar-refractivity contribution in [3.63, 3.8) is 0 Å². The molecule has 21 heavy (non-hydrogen) atoms. The fraction of sp³-hybridized carbons (Fsp3) is 0.529. The van der Waals surface area contributed by atoms with Crippen LogP contribution in [0.1, 0.15) is 54.7 Å². The minimum atomic E-state index is 0.554. The van der Waals surface area contributed by atoms with Crippen LogP contribution in [0.3, 0.4) is 0 Å². The second-order valence-corrected chi connectivity index (χ2v) is 7.81. The third-order valence-corrected chi connectivity index (χ3v) is 5.84. The maximum Gasteiger partial charge on any atom is 0.0564 e. The van der Waals surface area contributed by atoms with Crippen molar-refractivity contribution in [2.24, 2.45) is 0 Å². The standard InChI is InChI=1S/C17H23BrN2S/c1-2-7-19-17-6-4-3-5-13-9-20(11-16(13)17)10-15-8-14(18)12-21-15/h8-9,11-12,17,19H,2-7,10H2,1H3. The summed E-state index contributed by atoms with van der Waals surface area (Å²) in [5.41, 5.74) is 3.09. The quantitative estimate of drug-likeness (QED) is 0.725. The van der Waals surface area contributed by atoms with Crippen molar-refractivity contribution in [2.45, 2.75) is 51.6 Å². The Hall–Kier alpha value is -0.580. The van der Waals surface area contributed by atoms with E-state index in [1.807, 2.05) is 11.3 Å². The van der Waals surface area contributed by atoms with Gasteiger partial charge in [-0.15, -0.1) is 11.3 Å². The van der Waals surface area contributed by atoms with Crippen LogP contribution in [0, 0.1) is 0 Å². The van der Waals surface area contributed by atoms with Gasteiger partial charge >= 0.3 is 0 Å². The van der Waals surface area contributed by atoms with Crippen LogP contribution in [0.5, 0.6) is 0 Å². The lowest BCUT2D eigenvalue weighted by atomic mass is 10.0. The van der Waals surface area contributed by atoms with Gasteiger partial charge in [-0.25, -0.2) is 0 Å². The molecule has 2 heterocycles. The van der Waals surface area contributed by atoms with Gasteiger partial charge in [0.15, 0.2) is 0 Å². The molecule has 1 atom stereocenters. The second kappa shape index (κ2) is 7.12. The molecule has 0 aliphatic heterocycles. The van der Waals surface area contributed by atoms with E-state index in [4.69, 9.17) is 0 Å². The van der Waals surface area contributed by atoms with Gasteiger partial charge in [-0.2, -0.15) is 0 Å². The molecule has 0 amide bonds. The van der Waals surface area contributed by atoms with Crippen LogP contribution in [0.4, 0.5) is 0 Å². The monoisotopic (exact) mass is 366 g/mol. The van der Waals surface area contributed by atoms with Gasteiger partial charge in [-0.3, -0.25) is 0 Å². The number of thiophene rings is 1. The summed E-state index contributed by atoms with van der Waals surface area (Å²) in [6, 6.07) is 2.78. The van der Waals surface area contributed by atoms with Crippen molar-refractivity contribution in [3.05, 3.63) is 44.3 Å². The highest BCUT2D eigenvalue weighted by Gasteiger charge is 2.20. The van der Waals surface area contributed by atoms with Gasteiger partial charge in [0, 0.05) is 33.2 Å². The Morgan fingerprint density at radius 1 is 1.38 bits per heavy atom. The SMILES string of the molecule is CCCNC1CCCCc2cn(Cc3cc(Br)cs3)cc21. The molecule has 0 saturated carbocycles. The Kier molecular flexibility index (Phi) is 5.19. The van der Waals surface area contributed by atoms with Crippen LogP contribution >= 0.6 is 27.3 Å². The highest BCUT2D eigenvalue weighted by atomic mass is 79.9. The highest BCUT2D eigenvalue weighted by Crippen LogP contribution is 2.30. The van der Waals surface area contributed by atoms with Gasteiger partial charge in [-0.05, 0) is 65.4 Å². The summed E-state index contributed by atoms with van der Waals surface area (Å²) in [7, 11) is 0. The van der Waals surface area contributed by atoms with Crippen LogP contribution in [0.2, 0.25) is 0 Å². The maximum absolute atomic E-state index is 3.73. The molecule has 2 aromatic rings. The van der Waals surface area contributed by atoms with Crippen molar-refractivity contribution in [1.29, 1.82) is 0 Å². The van der Waals surface area contributed by atoms with E-state index in [-0.39, 0.29) is 0 Å². The van der Waals surface area contributed by atoms with Gasteiger partial charge < -0.3 is 9.88 Å². The van der Waals surface area contributed by atoms with Crippen molar-refractivity contribution in [2.75, 3.05) is 6.54 Å². The summed E-state index contributed by atoms with van der Waals surface area (Å²) < 4.78 is 3.56. The molecule has 0 aromatic carbocycles. The average molecular weight is 367 g/mol. The predicted octanol–water partition coefficient (Wildman–Crippen LogP) is 5.13. The first-order valence-corrected chi connectivity index (χ1v) is 9.58. The number of halogens is 1. The number of fused-ring (bicyclic) bond motifs is 1. The van der Waals surface area contributed by atoms with Crippen molar-refractivity contribution in [3.8, 4) is 0 Å². The number of aromatic nitrogens is 1. The largest absolute Gasteiger partial charge is 0.348 e. The van der Waals surface area contributed by atoms with E-state index in [0.717, 1.165) is 13.1 Å². The molecular weight excluding hydrogens is 344 g/mol. The summed E-state index contributed by atoms with van der Waals surface area (Å²) in [5, 5.41) is 5.89. The second-order valence-electron chi connectivity index (χ2n) is 5.89. The highest BCUT2D eigenvalue weighted by molar-refractivity contribution is 9.10. The number of hydrogen-bond acceptors (Lipinski definition) is 2. The number of hydrogen-bond donors (Lipinski definition) is 1. The Morgan fingerprint density at radius 3 is 3.05 bits per heavy atom. The number of rotatable bonds is 5. The predicted molar refractivity (Wildman–Crippen MR) is 94.1 cm³/mol. The minimum Gasteiger partial charge on any atom is -0.348 e. The molecule has 4 heteroatoms. The molecule has 0 spiro atoms. The van der Waals surface area contributed by atoms with Crippen LogP contribution in [0.25, 0.3) is 0 Å². The Bertz CT molecular complexity index is 587. The van der Waals surface area contributed by atoms with E-state index >= 15 is 0 Å². The molecule has 1 N–H and O–H groups in total. The molecule has 0 radical (unpaired) electrons. The van der Waals surface area contributed by atoms with Gasteiger partial charge in [0.25, 0.3) is 0 Å². The molecule has 1 aliphatic carbocycles. The summed E-state index contributed by atoms with van der Waals surface area (Å²) >= 11 is 5.37. The van der Waals surface area contributed by atoms with E-state index in [1.54, 1.807) is 5.56 Å². The summed E-state index contributed by atoms with van der Waals surface area (Å²) in [4.78, 5) is 1.41. The van der Waals surface area contributed by atoms with Crippen LogP contribution < -0.4 is 5.32 Å². The fourth-order valence-electron chi connectivity index (χ4n) is 3.15. The fourth-order valence-corrected chi connectivity index (χ4v) is 4.61. The van der Waals surface area contributed by atoms with Gasteiger partial charge in [0.05, 0.1) is 6.54 Å². The normalized spacial score (nSPS) is 18.5. The van der Waals surface area contributed by atoms with Gasteiger partial charge in [-0.1, -0.05) is 13.3 Å². The summed E-state index contributed by atoms with van der Waals surface area (Å²) in [6.45, 7) is 4.35. The first-order chi connectivity index (χ1) is 10.3. The van der Waals surface area contributed by atoms with E-state index in [0.29, 0.717) is 6.04 Å². The first-order valence-electron chi connectivity index (χ1n) is 7.91. The van der Waals surface area contributed by atoms with Crippen molar-refractivity contribution < 1.29 is 0 Å². The number of aryl methyl sites for hydroxylation is 1. The first kappa shape index (κ1) is 15.3. The average Bonchev–Trinajstić information content (AvgIpc) is 3.00. The molecule has 1 aliphatic rings. The van der Waals surface area contributed by atoms with Gasteiger partial charge in [0.1, 0.15) is 0 Å². The molecule has 2 nitrogen and oxygen atoms in total. The number of nitrogens with one attached hydrogen (secondary N) is 1. The smallest absolute Gasteiger partial charge is 0.0564 e. The van der Waals surface area contributed by atoms with Crippen LogP contribution in [0.15, 0.2) is 28.3 Å². The van der Waals surface area contributed by atoms with E-state index in [9.17, 15) is 0 Å². The van der Waals surface area contributed by atoms with Crippen molar-refractivity contribution >= 4 is 27.3 Å². The molecule has 114 valence electrons. The topological polar surface area (TPSA) is 17.0 Å². The van der Waals surface area contributed by atoms with Gasteiger partial charge in [0.2, 0.25) is 0 Å². The Balaban J connectivity index is 1.79.